The van der Waals surface area contributed by atoms with E-state index in [2.05, 4.69) is 394 Å². The molecule has 0 aromatic heterocycles. The van der Waals surface area contributed by atoms with Crippen LogP contribution in [0, 0.1) is 78.5 Å². The van der Waals surface area contributed by atoms with Gasteiger partial charge in [0.2, 0.25) is 0 Å². The lowest BCUT2D eigenvalue weighted by molar-refractivity contribution is -0.231. The van der Waals surface area contributed by atoms with E-state index in [0.29, 0.717) is 0 Å². The number of terminal acetylenes is 5. The SMILES string of the molecule is C#Cc1c(-c2ccccc2)cc(-c2ccccc2)cc1C12CC3CC(c4cc(-c5ccccc5)cc(-c5ccccc5)c4C#C)(C1)CC(C14CC5(c6cc(-c7ccccc7)cc(-c7ccccc7)c6C#C)CC(c6cc(-c7ccccc7)cc(-c7ccccc7)c6C#C)(CC(c6cc(-c7ccccc7)cc(-c7ccccc7)c6C#C)(C5)C1)C4)(C3)C2. The van der Waals surface area contributed by atoms with Gasteiger partial charge in [-0.3, -0.25) is 0 Å². The average Bonchev–Trinajstić information content (AvgIpc) is 0.639. The van der Waals surface area contributed by atoms with Crippen LogP contribution in [0.5, 0.6) is 0 Å². The molecule has 0 nitrogen and oxygen atoms in total. The predicted molar refractivity (Wildman–Crippen MR) is 498 cm³/mol. The summed E-state index contributed by atoms with van der Waals surface area (Å²) < 4.78 is 0. The molecule has 570 valence electrons. The summed E-state index contributed by atoms with van der Waals surface area (Å²) in [6, 6.07) is 135. The van der Waals surface area contributed by atoms with Crippen molar-refractivity contribution in [1.29, 1.82) is 0 Å². The number of hydrogen-bond donors (Lipinski definition) is 0. The summed E-state index contributed by atoms with van der Waals surface area (Å²) in [7, 11) is 0. The highest BCUT2D eigenvalue weighted by Crippen LogP contribution is 2.85. The molecule has 8 bridgehead atoms. The van der Waals surface area contributed by atoms with Gasteiger partial charge in [-0.1, -0.05) is 333 Å². The monoisotopic (exact) mass is 1530 g/mol. The molecule has 0 aliphatic heterocycles. The van der Waals surface area contributed by atoms with Crippen molar-refractivity contribution >= 4 is 0 Å². The Morgan fingerprint density at radius 2 is 0.350 bits per heavy atom. The Kier molecular flexibility index (Phi) is 17.8. The normalized spacial score (nSPS) is 23.2. The second-order valence-electron chi connectivity index (χ2n) is 36.1. The van der Waals surface area contributed by atoms with Crippen LogP contribution in [0.2, 0.25) is 0 Å². The molecule has 2 unspecified atom stereocenters. The maximum absolute atomic E-state index is 7.59. The maximum atomic E-state index is 7.59. The van der Waals surface area contributed by atoms with Gasteiger partial charge >= 0.3 is 0 Å². The molecule has 0 heteroatoms. The van der Waals surface area contributed by atoms with Gasteiger partial charge in [-0.25, -0.2) is 0 Å². The zero-order valence-electron chi connectivity index (χ0n) is 67.6. The van der Waals surface area contributed by atoms with E-state index >= 15 is 0 Å². The van der Waals surface area contributed by atoms with Gasteiger partial charge in [0.1, 0.15) is 0 Å². The average molecular weight is 1530 g/mol. The zero-order valence-corrected chi connectivity index (χ0v) is 67.6. The van der Waals surface area contributed by atoms with E-state index in [9.17, 15) is 0 Å². The lowest BCUT2D eigenvalue weighted by atomic mass is 9.24. The third kappa shape index (κ3) is 12.0. The Morgan fingerprint density at radius 1 is 0.175 bits per heavy atom. The van der Waals surface area contributed by atoms with Crippen molar-refractivity contribution in [3.63, 3.8) is 0 Å². The van der Waals surface area contributed by atoms with Crippen LogP contribution in [0.3, 0.4) is 0 Å². The van der Waals surface area contributed by atoms with Gasteiger partial charge < -0.3 is 0 Å². The van der Waals surface area contributed by atoms with Crippen molar-refractivity contribution in [3.05, 3.63) is 420 Å². The molecule has 0 radical (unpaired) electrons. The van der Waals surface area contributed by atoms with Gasteiger partial charge in [0, 0.05) is 27.8 Å². The Hall–Kier alpha value is -13.9. The molecular formula is C120H90. The number of benzene rings is 15. The van der Waals surface area contributed by atoms with Gasteiger partial charge in [-0.2, -0.15) is 0 Å². The van der Waals surface area contributed by atoms with Crippen LogP contribution < -0.4 is 0 Å². The standard InChI is InChI=1S/C120H90/c1-6-99-104(89-51-31-16-32-52-89)61-94(84-41-21-11-22-42-84)66-109(99)114-71-83-72-115(74-114,110-67-95(85-43-23-12-24-44-85)62-105(100(110)7-2)90-53-33-17-34-54-90)79-119(73-83,78-114)120-80-116(111-68-96(86-45-25-13-26-46-86)63-106(101(111)8-3)91-55-35-18-36-56-91)75-117(81-120,112-69-97(87-47-27-14-28-48-87)64-107(102(112)9-4)92-57-37-19-38-58-92)77-118(76-116,82-120)113-70-98(88-49-29-15-30-50-88)65-108(103(113)10-5)93-59-39-20-40-60-93/h1-5,11-70,83H,71-82H2. The van der Waals surface area contributed by atoms with E-state index in [1.165, 1.54) is 27.8 Å². The Bertz CT molecular complexity index is 6190. The molecule has 15 aromatic carbocycles. The molecule has 120 heavy (non-hydrogen) atoms. The van der Waals surface area contributed by atoms with Crippen molar-refractivity contribution < 1.29 is 0 Å². The van der Waals surface area contributed by atoms with Gasteiger partial charge in [-0.05, 0) is 321 Å². The Balaban J connectivity index is 0.940. The Labute approximate surface area is 708 Å². The highest BCUT2D eigenvalue weighted by atomic mass is 14.8. The van der Waals surface area contributed by atoms with E-state index < -0.39 is 37.9 Å². The van der Waals surface area contributed by atoms with Gasteiger partial charge in [0.25, 0.3) is 0 Å². The summed E-state index contributed by atoms with van der Waals surface area (Å²) >= 11 is 0. The highest BCUT2D eigenvalue weighted by Gasteiger charge is 2.78. The van der Waals surface area contributed by atoms with E-state index in [-0.39, 0.29) is 5.92 Å². The van der Waals surface area contributed by atoms with Crippen molar-refractivity contribution in [1.82, 2.24) is 0 Å². The van der Waals surface area contributed by atoms with E-state index in [0.717, 1.165) is 216 Å². The summed E-state index contributed by atoms with van der Waals surface area (Å²) in [5, 5.41) is 0. The summed E-state index contributed by atoms with van der Waals surface area (Å²) in [4.78, 5) is 0. The fraction of sp³-hybridized carbons (Fsp3) is 0.167. The molecule has 8 fully saturated rings. The lowest BCUT2D eigenvalue weighted by Gasteiger charge is -2.79. The van der Waals surface area contributed by atoms with Crippen LogP contribution in [0.1, 0.15) is 133 Å². The Morgan fingerprint density at radius 3 is 0.550 bits per heavy atom. The van der Waals surface area contributed by atoms with Crippen LogP contribution in [0.15, 0.2) is 364 Å². The molecular weight excluding hydrogens is 1440 g/mol. The second kappa shape index (κ2) is 29.0. The topological polar surface area (TPSA) is 0 Å². The molecule has 0 saturated heterocycles. The third-order valence-corrected chi connectivity index (χ3v) is 29.5. The van der Waals surface area contributed by atoms with Crippen LogP contribution >= 0.6 is 0 Å². The first kappa shape index (κ1) is 73.7. The molecule has 8 saturated carbocycles. The molecule has 2 atom stereocenters. The quantitative estimate of drug-likeness (QED) is 0.0846. The largest absolute Gasteiger partial charge is 0.115 e. The fourth-order valence-electron chi connectivity index (χ4n) is 26.0. The molecule has 8 aliphatic carbocycles. The second-order valence-corrected chi connectivity index (χ2v) is 36.1. The maximum Gasteiger partial charge on any atom is 0.0359 e. The smallest absolute Gasteiger partial charge is 0.0359 e. The van der Waals surface area contributed by atoms with Gasteiger partial charge in [-0.15, -0.1) is 32.1 Å². The first-order valence-corrected chi connectivity index (χ1v) is 42.7. The number of hydrogen-bond acceptors (Lipinski definition) is 0. The summed E-state index contributed by atoms with van der Waals surface area (Å²) in [6.07, 6.45) is 48.2. The van der Waals surface area contributed by atoms with Crippen molar-refractivity contribution in [2.24, 2.45) is 16.7 Å². The van der Waals surface area contributed by atoms with Gasteiger partial charge in [0.15, 0.2) is 0 Å². The van der Waals surface area contributed by atoms with Crippen molar-refractivity contribution in [2.75, 3.05) is 0 Å². The molecule has 0 spiro atoms. The number of rotatable bonds is 16. The van der Waals surface area contributed by atoms with Crippen LogP contribution in [0.4, 0.5) is 0 Å². The third-order valence-electron chi connectivity index (χ3n) is 29.5. The summed E-state index contributed by atoms with van der Waals surface area (Å²) in [5.74, 6) is 18.3. The van der Waals surface area contributed by atoms with Crippen LogP contribution in [-0.4, -0.2) is 0 Å². The molecule has 0 amide bonds. The van der Waals surface area contributed by atoms with E-state index in [1.54, 1.807) is 0 Å². The van der Waals surface area contributed by atoms with Crippen molar-refractivity contribution in [3.8, 4) is 173 Å². The predicted octanol–water partition coefficient (Wildman–Crippen LogP) is 28.6. The minimum absolute atomic E-state index is 0.224. The summed E-state index contributed by atoms with van der Waals surface area (Å²) in [5.41, 5.74) is 29.2. The molecule has 0 N–H and O–H groups in total. The van der Waals surface area contributed by atoms with Crippen LogP contribution in [-0.2, 0) is 27.1 Å². The molecule has 0 heterocycles. The first-order chi connectivity index (χ1) is 58.9. The summed E-state index contributed by atoms with van der Waals surface area (Å²) in [6.45, 7) is 0. The van der Waals surface area contributed by atoms with Crippen LogP contribution in [0.25, 0.3) is 111 Å². The van der Waals surface area contributed by atoms with E-state index in [4.69, 9.17) is 32.1 Å². The first-order valence-electron chi connectivity index (χ1n) is 42.7. The van der Waals surface area contributed by atoms with Crippen molar-refractivity contribution in [2.45, 2.75) is 104 Å². The lowest BCUT2D eigenvalue weighted by Crippen LogP contribution is -2.73. The minimum Gasteiger partial charge on any atom is -0.115 e. The molecule has 15 aromatic rings. The van der Waals surface area contributed by atoms with Gasteiger partial charge in [0.05, 0.1) is 0 Å². The molecule has 8 aliphatic rings. The molecule has 23 rings (SSSR count). The zero-order chi connectivity index (χ0) is 80.8. The fourth-order valence-corrected chi connectivity index (χ4v) is 26.0. The highest BCUT2D eigenvalue weighted by molar-refractivity contribution is 5.88. The minimum atomic E-state index is -0.674. The van der Waals surface area contributed by atoms with E-state index in [1.807, 2.05) is 0 Å².